The lowest BCUT2D eigenvalue weighted by Crippen LogP contribution is -2.50. The molecule has 1 aliphatic carbocycles. The van der Waals surface area contributed by atoms with E-state index in [1.165, 1.54) is 12.0 Å². The van der Waals surface area contributed by atoms with E-state index in [4.69, 9.17) is 14.6 Å². The monoisotopic (exact) mass is 302 g/mol. The minimum atomic E-state index is -1.13. The Balaban J connectivity index is 2.58. The van der Waals surface area contributed by atoms with Crippen LogP contribution in [0.15, 0.2) is 0 Å². The molecule has 0 saturated heterocycles. The van der Waals surface area contributed by atoms with Gasteiger partial charge in [-0.3, -0.25) is 4.79 Å². The van der Waals surface area contributed by atoms with E-state index in [9.17, 15) is 14.4 Å². The number of nitrogens with one attached hydrogen (secondary N) is 1. The number of nitrogens with zero attached hydrogens (tertiary/aromatic N) is 1. The molecule has 1 atom stereocenters. The molecule has 0 aromatic heterocycles. The molecule has 0 spiro atoms. The van der Waals surface area contributed by atoms with Gasteiger partial charge in [0.15, 0.2) is 0 Å². The topological polar surface area (TPSA) is 105 Å². The van der Waals surface area contributed by atoms with Gasteiger partial charge in [0, 0.05) is 26.2 Å². The Hall–Kier alpha value is -1.83. The third-order valence-electron chi connectivity index (χ3n) is 3.06. The fourth-order valence-electron chi connectivity index (χ4n) is 1.82. The van der Waals surface area contributed by atoms with Crippen LogP contribution in [0.3, 0.4) is 0 Å². The highest BCUT2D eigenvalue weighted by Crippen LogP contribution is 2.26. The quantitative estimate of drug-likeness (QED) is 0.590. The lowest BCUT2D eigenvalue weighted by Gasteiger charge is -2.24. The van der Waals surface area contributed by atoms with Crippen molar-refractivity contribution in [3.63, 3.8) is 0 Å². The van der Waals surface area contributed by atoms with Gasteiger partial charge in [-0.1, -0.05) is 0 Å². The van der Waals surface area contributed by atoms with E-state index in [1.807, 2.05) is 0 Å². The largest absolute Gasteiger partial charge is 0.480 e. The second-order valence-electron chi connectivity index (χ2n) is 4.79. The number of methoxy groups -OCH3 is 1. The zero-order valence-corrected chi connectivity index (χ0v) is 12.3. The summed E-state index contributed by atoms with van der Waals surface area (Å²) in [5.41, 5.74) is 0. The summed E-state index contributed by atoms with van der Waals surface area (Å²) >= 11 is 0. The number of amides is 2. The Morgan fingerprint density at radius 1 is 1.38 bits per heavy atom. The minimum Gasteiger partial charge on any atom is -0.480 e. The number of carbonyl (C=O) groups excluding carboxylic acids is 2. The number of ether oxygens (including phenoxy) is 2. The van der Waals surface area contributed by atoms with Crippen molar-refractivity contribution >= 4 is 18.0 Å². The Morgan fingerprint density at radius 3 is 2.52 bits per heavy atom. The maximum absolute atomic E-state index is 12.1. The molecule has 0 aromatic carbocycles. The van der Waals surface area contributed by atoms with Gasteiger partial charge >= 0.3 is 18.0 Å². The molecule has 0 aliphatic heterocycles. The molecule has 1 saturated carbocycles. The van der Waals surface area contributed by atoms with Gasteiger partial charge in [-0.2, -0.15) is 0 Å². The second kappa shape index (κ2) is 8.46. The highest BCUT2D eigenvalue weighted by atomic mass is 16.5. The molecule has 2 amide bonds. The van der Waals surface area contributed by atoms with Crippen LogP contribution >= 0.6 is 0 Å². The molecule has 1 fully saturated rings. The lowest BCUT2D eigenvalue weighted by molar-refractivity contribution is -0.143. The number of carboxylic acid groups (broad SMARTS) is 1. The zero-order valence-electron chi connectivity index (χ0n) is 12.3. The molecular formula is C13H22N2O6. The molecule has 0 aromatic rings. The summed E-state index contributed by atoms with van der Waals surface area (Å²) in [5.74, 6) is -1.63. The van der Waals surface area contributed by atoms with Crippen LogP contribution in [-0.4, -0.2) is 66.9 Å². The third-order valence-corrected chi connectivity index (χ3v) is 3.06. The predicted octanol–water partition coefficient (Wildman–Crippen LogP) is 0.213. The standard InChI is InChI=1S/C13H22N2O6/c1-3-21-11(16)8-15(9-4-5-9)13(19)14-10(12(17)18)6-7-20-2/h9-10H,3-8H2,1-2H3,(H,14,19)(H,17,18). The van der Waals surface area contributed by atoms with Crippen molar-refractivity contribution in [3.05, 3.63) is 0 Å². The first-order valence-electron chi connectivity index (χ1n) is 6.94. The van der Waals surface area contributed by atoms with Crippen LogP contribution in [0.25, 0.3) is 0 Å². The average molecular weight is 302 g/mol. The number of esters is 1. The molecule has 2 N–H and O–H groups in total. The van der Waals surface area contributed by atoms with Crippen LogP contribution in [0.5, 0.6) is 0 Å². The van der Waals surface area contributed by atoms with E-state index in [-0.39, 0.29) is 32.2 Å². The Morgan fingerprint density at radius 2 is 2.05 bits per heavy atom. The highest BCUT2D eigenvalue weighted by Gasteiger charge is 2.35. The normalized spacial score (nSPS) is 15.1. The number of hydrogen-bond acceptors (Lipinski definition) is 5. The van der Waals surface area contributed by atoms with Crippen molar-refractivity contribution in [1.82, 2.24) is 10.2 Å². The van der Waals surface area contributed by atoms with E-state index in [0.29, 0.717) is 0 Å². The summed E-state index contributed by atoms with van der Waals surface area (Å²) in [4.78, 5) is 36.1. The van der Waals surface area contributed by atoms with E-state index >= 15 is 0 Å². The third kappa shape index (κ3) is 5.99. The summed E-state index contributed by atoms with van der Waals surface area (Å²) in [6.45, 7) is 1.98. The highest BCUT2D eigenvalue weighted by molar-refractivity contribution is 5.85. The molecule has 0 bridgehead atoms. The molecule has 0 heterocycles. The minimum absolute atomic E-state index is 0.0220. The smallest absolute Gasteiger partial charge is 0.326 e. The van der Waals surface area contributed by atoms with Gasteiger partial charge in [0.2, 0.25) is 0 Å². The first-order valence-corrected chi connectivity index (χ1v) is 6.94. The van der Waals surface area contributed by atoms with Crippen molar-refractivity contribution < 1.29 is 29.0 Å². The molecule has 8 nitrogen and oxygen atoms in total. The van der Waals surface area contributed by atoms with Gasteiger partial charge < -0.3 is 24.8 Å². The van der Waals surface area contributed by atoms with Crippen LogP contribution in [0.2, 0.25) is 0 Å². The van der Waals surface area contributed by atoms with Gasteiger partial charge in [-0.25, -0.2) is 9.59 Å². The van der Waals surface area contributed by atoms with Crippen LogP contribution in [-0.2, 0) is 19.1 Å². The number of hydrogen-bond donors (Lipinski definition) is 2. The molecule has 120 valence electrons. The Kier molecular flexibility index (Phi) is 6.93. The molecule has 21 heavy (non-hydrogen) atoms. The van der Waals surface area contributed by atoms with Crippen molar-refractivity contribution in [1.29, 1.82) is 0 Å². The number of carbonyl (C=O) groups is 3. The van der Waals surface area contributed by atoms with Crippen LogP contribution in [0.1, 0.15) is 26.2 Å². The first kappa shape index (κ1) is 17.2. The lowest BCUT2D eigenvalue weighted by atomic mass is 10.2. The number of carboxylic acids is 1. The summed E-state index contributed by atoms with van der Waals surface area (Å²) in [6, 6.07) is -1.62. The maximum Gasteiger partial charge on any atom is 0.326 e. The first-order chi connectivity index (χ1) is 9.99. The van der Waals surface area contributed by atoms with Gasteiger partial charge in [-0.05, 0) is 19.8 Å². The van der Waals surface area contributed by atoms with Crippen LogP contribution in [0, 0.1) is 0 Å². The van der Waals surface area contributed by atoms with Crippen molar-refractivity contribution in [3.8, 4) is 0 Å². The van der Waals surface area contributed by atoms with Crippen molar-refractivity contribution in [2.75, 3.05) is 26.9 Å². The zero-order chi connectivity index (χ0) is 15.8. The fraction of sp³-hybridized carbons (Fsp3) is 0.769. The second-order valence-corrected chi connectivity index (χ2v) is 4.79. The average Bonchev–Trinajstić information content (AvgIpc) is 3.25. The van der Waals surface area contributed by atoms with E-state index in [1.54, 1.807) is 6.92 Å². The molecule has 0 radical (unpaired) electrons. The van der Waals surface area contributed by atoms with Gasteiger partial charge in [0.1, 0.15) is 12.6 Å². The summed E-state index contributed by atoms with van der Waals surface area (Å²) < 4.78 is 9.64. The number of urea groups is 1. The molecule has 8 heteroatoms. The predicted molar refractivity (Wildman–Crippen MR) is 72.8 cm³/mol. The van der Waals surface area contributed by atoms with Gasteiger partial charge in [0.05, 0.1) is 6.61 Å². The van der Waals surface area contributed by atoms with Crippen LogP contribution < -0.4 is 5.32 Å². The SMILES string of the molecule is CCOC(=O)CN(C(=O)NC(CCOC)C(=O)O)C1CC1. The molecular weight excluding hydrogens is 280 g/mol. The van der Waals surface area contributed by atoms with E-state index in [2.05, 4.69) is 5.32 Å². The van der Waals surface area contributed by atoms with Gasteiger partial charge in [0.25, 0.3) is 0 Å². The Bertz CT molecular complexity index is 383. The number of aliphatic carboxylic acids is 1. The maximum atomic E-state index is 12.1. The summed E-state index contributed by atoms with van der Waals surface area (Å²) in [6.07, 6.45) is 1.78. The Labute approximate surface area is 123 Å². The summed E-state index contributed by atoms with van der Waals surface area (Å²) in [5, 5.41) is 11.5. The molecule has 1 rings (SSSR count). The fourth-order valence-corrected chi connectivity index (χ4v) is 1.82. The van der Waals surface area contributed by atoms with Crippen LogP contribution in [0.4, 0.5) is 4.79 Å². The molecule has 1 aliphatic rings. The van der Waals surface area contributed by atoms with Crippen molar-refractivity contribution in [2.24, 2.45) is 0 Å². The number of rotatable bonds is 9. The molecule has 1 unspecified atom stereocenters. The van der Waals surface area contributed by atoms with E-state index in [0.717, 1.165) is 12.8 Å². The van der Waals surface area contributed by atoms with Gasteiger partial charge in [-0.15, -0.1) is 0 Å². The summed E-state index contributed by atoms with van der Waals surface area (Å²) in [7, 11) is 1.46. The van der Waals surface area contributed by atoms with E-state index < -0.39 is 24.0 Å². The van der Waals surface area contributed by atoms with Crippen molar-refractivity contribution in [2.45, 2.75) is 38.3 Å².